The van der Waals surface area contributed by atoms with E-state index in [4.69, 9.17) is 0 Å². The molecule has 8 aromatic carbocycles. The zero-order chi connectivity index (χ0) is 34.9. The zero-order valence-electron chi connectivity index (χ0n) is 28.8. The Bertz CT molecular complexity index is 2610. The van der Waals surface area contributed by atoms with E-state index in [1.165, 1.54) is 85.6 Å². The van der Waals surface area contributed by atoms with Crippen molar-refractivity contribution in [3.05, 3.63) is 216 Å². The third-order valence-electron chi connectivity index (χ3n) is 11.3. The SMILES string of the molecule is c1ccc([SiH]2c3ccccc3C3(c4ccccc4Sc4ccccc43)c3cc(-c4ccc(N5c6ccccc6Sc6ccccc65)cc4)ccc32)cc1. The first-order valence-electron chi connectivity index (χ1n) is 18.2. The van der Waals surface area contributed by atoms with Crippen LogP contribution in [-0.2, 0) is 5.41 Å². The molecule has 250 valence electrons. The van der Waals surface area contributed by atoms with Crippen LogP contribution in [0.15, 0.2) is 214 Å². The highest BCUT2D eigenvalue weighted by molar-refractivity contribution is 8.00. The predicted molar refractivity (Wildman–Crippen MR) is 226 cm³/mol. The van der Waals surface area contributed by atoms with Crippen molar-refractivity contribution in [3.8, 4) is 11.1 Å². The number of nitrogens with zero attached hydrogens (tertiary/aromatic N) is 1. The van der Waals surface area contributed by atoms with Crippen molar-refractivity contribution in [1.29, 1.82) is 0 Å². The molecule has 3 aliphatic rings. The zero-order valence-corrected chi connectivity index (χ0v) is 31.6. The fourth-order valence-corrected chi connectivity index (χ4v) is 14.8. The molecular weight excluding hydrogens is 695 g/mol. The Morgan fingerprint density at radius 3 is 1.53 bits per heavy atom. The maximum absolute atomic E-state index is 2.55. The van der Waals surface area contributed by atoms with Gasteiger partial charge in [-0.15, -0.1) is 0 Å². The maximum atomic E-state index is 2.55. The molecule has 0 radical (unpaired) electrons. The molecule has 0 saturated heterocycles. The molecule has 0 bridgehead atoms. The molecule has 3 heterocycles. The van der Waals surface area contributed by atoms with E-state index in [0.29, 0.717) is 0 Å². The fraction of sp³-hybridized carbons (Fsp3) is 0.0204. The smallest absolute Gasteiger partial charge is 0.133 e. The summed E-state index contributed by atoms with van der Waals surface area (Å²) in [5.41, 5.74) is 11.3. The topological polar surface area (TPSA) is 3.24 Å². The lowest BCUT2D eigenvalue weighted by molar-refractivity contribution is 0.708. The Balaban J connectivity index is 1.13. The molecule has 4 heteroatoms. The molecule has 3 aliphatic heterocycles. The third-order valence-corrected chi connectivity index (χ3v) is 16.9. The van der Waals surface area contributed by atoms with Gasteiger partial charge in [0, 0.05) is 25.3 Å². The minimum Gasteiger partial charge on any atom is -0.308 e. The van der Waals surface area contributed by atoms with Crippen molar-refractivity contribution >= 4 is 64.9 Å². The molecular formula is C49H33NS2Si. The van der Waals surface area contributed by atoms with E-state index in [2.05, 4.69) is 199 Å². The van der Waals surface area contributed by atoms with Crippen LogP contribution in [0.2, 0.25) is 0 Å². The summed E-state index contributed by atoms with van der Waals surface area (Å²) in [6.07, 6.45) is 0. The first kappa shape index (κ1) is 31.0. The molecule has 1 nitrogen and oxygen atoms in total. The summed E-state index contributed by atoms with van der Waals surface area (Å²) in [6, 6.07) is 73.0. The number of hydrogen-bond donors (Lipinski definition) is 0. The van der Waals surface area contributed by atoms with E-state index in [1.807, 2.05) is 23.5 Å². The van der Waals surface area contributed by atoms with E-state index in [0.717, 1.165) is 0 Å². The average Bonchev–Trinajstić information content (AvgIpc) is 3.23. The van der Waals surface area contributed by atoms with Crippen molar-refractivity contribution in [2.24, 2.45) is 0 Å². The summed E-state index contributed by atoms with van der Waals surface area (Å²) >= 11 is 3.76. The molecule has 0 amide bonds. The molecule has 1 unspecified atom stereocenters. The first-order valence-corrected chi connectivity index (χ1v) is 21.6. The minimum absolute atomic E-state index is 0.433. The van der Waals surface area contributed by atoms with Gasteiger partial charge in [0.1, 0.15) is 8.80 Å². The lowest BCUT2D eigenvalue weighted by Gasteiger charge is -2.48. The van der Waals surface area contributed by atoms with Gasteiger partial charge in [0.25, 0.3) is 0 Å². The molecule has 0 aromatic heterocycles. The highest BCUT2D eigenvalue weighted by Gasteiger charge is 2.50. The van der Waals surface area contributed by atoms with E-state index >= 15 is 0 Å². The quantitative estimate of drug-likeness (QED) is 0.167. The van der Waals surface area contributed by atoms with Crippen molar-refractivity contribution in [2.45, 2.75) is 25.0 Å². The van der Waals surface area contributed by atoms with Gasteiger partial charge < -0.3 is 4.90 Å². The Kier molecular flexibility index (Phi) is 7.19. The summed E-state index contributed by atoms with van der Waals surface area (Å²) in [7, 11) is -1.83. The Morgan fingerprint density at radius 2 is 0.868 bits per heavy atom. The lowest BCUT2D eigenvalue weighted by atomic mass is 9.64. The first-order chi connectivity index (χ1) is 26.3. The van der Waals surface area contributed by atoms with Gasteiger partial charge in [0.2, 0.25) is 0 Å². The third kappa shape index (κ3) is 4.66. The standard InChI is InChI=1S/C49H33NS2Si/c1-2-14-36(15-3-1)53-47-25-13-6-18-39(47)49(37-16-4-9-21-43(37)51-44-22-10-5-17-38(44)49)40-32-34(28-31-48(40)53)33-26-29-35(30-27-33)50-41-19-7-11-23-45(41)52-46-24-12-8-20-42(46)50/h1-32,53H. The van der Waals surface area contributed by atoms with E-state index in [1.54, 1.807) is 0 Å². The van der Waals surface area contributed by atoms with Crippen LogP contribution in [0.5, 0.6) is 0 Å². The van der Waals surface area contributed by atoms with Gasteiger partial charge in [-0.3, -0.25) is 0 Å². The molecule has 8 aromatic rings. The summed E-state index contributed by atoms with van der Waals surface area (Å²) in [6.45, 7) is 0. The van der Waals surface area contributed by atoms with Crippen LogP contribution in [0.1, 0.15) is 22.3 Å². The second-order valence-electron chi connectivity index (χ2n) is 14.0. The van der Waals surface area contributed by atoms with Gasteiger partial charge in [-0.1, -0.05) is 168 Å². The summed E-state index contributed by atoms with van der Waals surface area (Å²) in [4.78, 5) is 7.63. The van der Waals surface area contributed by atoms with Crippen LogP contribution in [0, 0.1) is 0 Å². The second-order valence-corrected chi connectivity index (χ2v) is 18.9. The van der Waals surface area contributed by atoms with Crippen molar-refractivity contribution in [2.75, 3.05) is 4.90 Å². The Hall–Kier alpha value is -5.52. The number of benzene rings is 8. The molecule has 0 saturated carbocycles. The summed E-state index contributed by atoms with van der Waals surface area (Å²) in [5.74, 6) is 0. The van der Waals surface area contributed by atoms with E-state index < -0.39 is 14.2 Å². The number of hydrogen-bond acceptors (Lipinski definition) is 3. The maximum Gasteiger partial charge on any atom is 0.133 e. The van der Waals surface area contributed by atoms with Crippen molar-refractivity contribution in [3.63, 3.8) is 0 Å². The van der Waals surface area contributed by atoms with Gasteiger partial charge in [-0.05, 0) is 98.4 Å². The predicted octanol–water partition coefficient (Wildman–Crippen LogP) is 10.7. The van der Waals surface area contributed by atoms with Gasteiger partial charge in [0.05, 0.1) is 16.8 Å². The Morgan fingerprint density at radius 1 is 0.377 bits per heavy atom. The highest BCUT2D eigenvalue weighted by atomic mass is 32.2. The van der Waals surface area contributed by atoms with Crippen molar-refractivity contribution < 1.29 is 0 Å². The summed E-state index contributed by atoms with van der Waals surface area (Å²) < 4.78 is 0. The van der Waals surface area contributed by atoms with Gasteiger partial charge >= 0.3 is 0 Å². The molecule has 1 spiro atoms. The van der Waals surface area contributed by atoms with Crippen LogP contribution >= 0.6 is 23.5 Å². The van der Waals surface area contributed by atoms with Gasteiger partial charge in [-0.2, -0.15) is 0 Å². The van der Waals surface area contributed by atoms with Crippen molar-refractivity contribution in [1.82, 2.24) is 0 Å². The molecule has 0 aliphatic carbocycles. The number of fused-ring (bicyclic) bond motifs is 10. The second kappa shape index (κ2) is 12.3. The normalized spacial score (nSPS) is 15.7. The molecule has 0 fully saturated rings. The van der Waals surface area contributed by atoms with Crippen LogP contribution in [0.25, 0.3) is 11.1 Å². The lowest BCUT2D eigenvalue weighted by Crippen LogP contribution is -2.62. The van der Waals surface area contributed by atoms with Crippen LogP contribution in [-0.4, -0.2) is 8.80 Å². The monoisotopic (exact) mass is 727 g/mol. The average molecular weight is 728 g/mol. The van der Waals surface area contributed by atoms with Crippen LogP contribution < -0.4 is 20.5 Å². The van der Waals surface area contributed by atoms with E-state index in [9.17, 15) is 0 Å². The van der Waals surface area contributed by atoms with Gasteiger partial charge in [-0.25, -0.2) is 0 Å². The highest BCUT2D eigenvalue weighted by Crippen LogP contribution is 2.56. The molecule has 11 rings (SSSR count). The fourth-order valence-electron chi connectivity index (χ4n) is 9.08. The Labute approximate surface area is 320 Å². The van der Waals surface area contributed by atoms with Crippen LogP contribution in [0.4, 0.5) is 17.1 Å². The van der Waals surface area contributed by atoms with Crippen LogP contribution in [0.3, 0.4) is 0 Å². The van der Waals surface area contributed by atoms with E-state index in [-0.39, 0.29) is 0 Å². The molecule has 53 heavy (non-hydrogen) atoms. The molecule has 1 atom stereocenters. The minimum atomic E-state index is -1.83. The largest absolute Gasteiger partial charge is 0.308 e. The summed E-state index contributed by atoms with van der Waals surface area (Å²) in [5, 5.41) is 4.48. The molecule has 0 N–H and O–H groups in total. The number of anilines is 3. The number of para-hydroxylation sites is 2. The number of rotatable bonds is 3. The van der Waals surface area contributed by atoms with Gasteiger partial charge in [0.15, 0.2) is 0 Å².